The molecule has 0 saturated carbocycles. The molecule has 0 spiro atoms. The zero-order chi connectivity index (χ0) is 14.2. The third-order valence-corrected chi connectivity index (χ3v) is 4.71. The highest BCUT2D eigenvalue weighted by molar-refractivity contribution is 8.00. The predicted octanol–water partition coefficient (Wildman–Crippen LogP) is 1.53. The number of hydrogen-bond acceptors (Lipinski definition) is 4. The van der Waals surface area contributed by atoms with Crippen LogP contribution in [0.2, 0.25) is 0 Å². The van der Waals surface area contributed by atoms with E-state index in [2.05, 4.69) is 18.9 Å². The maximum absolute atomic E-state index is 12.6. The van der Waals surface area contributed by atoms with Gasteiger partial charge in [-0.15, -0.1) is 0 Å². The molecule has 1 saturated heterocycles. The molecule has 5 nitrogen and oxygen atoms in total. The van der Waals surface area contributed by atoms with Crippen molar-refractivity contribution in [1.29, 1.82) is 0 Å². The summed E-state index contributed by atoms with van der Waals surface area (Å²) in [4.78, 5) is 14.5. The predicted molar refractivity (Wildman–Crippen MR) is 79.4 cm³/mol. The first-order valence-electron chi connectivity index (χ1n) is 6.60. The van der Waals surface area contributed by atoms with Gasteiger partial charge in [-0.25, -0.2) is 0 Å². The van der Waals surface area contributed by atoms with Gasteiger partial charge in [0.1, 0.15) is 5.69 Å². The van der Waals surface area contributed by atoms with E-state index < -0.39 is 0 Å². The van der Waals surface area contributed by atoms with Gasteiger partial charge in [-0.05, 0) is 20.3 Å². The zero-order valence-corrected chi connectivity index (χ0v) is 12.9. The molecule has 2 N–H and O–H groups in total. The maximum atomic E-state index is 12.6. The number of rotatable bonds is 2. The smallest absolute Gasteiger partial charge is 0.274 e. The first-order chi connectivity index (χ1) is 8.85. The first kappa shape index (κ1) is 14.2. The summed E-state index contributed by atoms with van der Waals surface area (Å²) in [6.45, 7) is 7.86. The van der Waals surface area contributed by atoms with E-state index in [-0.39, 0.29) is 10.7 Å². The van der Waals surface area contributed by atoms with Crippen molar-refractivity contribution >= 4 is 23.4 Å². The summed E-state index contributed by atoms with van der Waals surface area (Å²) < 4.78 is 1.72. The van der Waals surface area contributed by atoms with E-state index in [0.29, 0.717) is 11.4 Å². The molecule has 1 amide bonds. The molecule has 0 atom stereocenters. The van der Waals surface area contributed by atoms with Crippen LogP contribution < -0.4 is 5.73 Å². The number of hydrogen-bond donors (Lipinski definition) is 1. The minimum atomic E-state index is 0.000532. The topological polar surface area (TPSA) is 64.2 Å². The Bertz CT molecular complexity index is 495. The Kier molecular flexibility index (Phi) is 3.80. The minimum Gasteiger partial charge on any atom is -0.395 e. The van der Waals surface area contributed by atoms with Crippen molar-refractivity contribution in [3.63, 3.8) is 0 Å². The fraction of sp³-hybridized carbons (Fsp3) is 0.692. The number of nitrogens with zero attached hydrogens (tertiary/aromatic N) is 3. The molecule has 2 heterocycles. The van der Waals surface area contributed by atoms with Gasteiger partial charge in [0.15, 0.2) is 0 Å². The highest BCUT2D eigenvalue weighted by Gasteiger charge is 2.32. The number of nitrogens with two attached hydrogens (primary N) is 1. The van der Waals surface area contributed by atoms with E-state index in [9.17, 15) is 4.79 Å². The van der Waals surface area contributed by atoms with Crippen molar-refractivity contribution in [3.8, 4) is 0 Å². The fourth-order valence-corrected chi connectivity index (χ4v) is 3.56. The average Bonchev–Trinajstić information content (AvgIpc) is 2.62. The molecule has 0 aliphatic carbocycles. The van der Waals surface area contributed by atoms with Crippen molar-refractivity contribution in [2.75, 3.05) is 24.6 Å². The first-order valence-corrected chi connectivity index (χ1v) is 7.59. The largest absolute Gasteiger partial charge is 0.395 e. The molecule has 0 bridgehead atoms. The molecule has 19 heavy (non-hydrogen) atoms. The van der Waals surface area contributed by atoms with Gasteiger partial charge in [0.25, 0.3) is 5.91 Å². The van der Waals surface area contributed by atoms with Crippen LogP contribution in [0.25, 0.3) is 0 Å². The van der Waals surface area contributed by atoms with Gasteiger partial charge in [0.05, 0.1) is 11.4 Å². The number of amides is 1. The van der Waals surface area contributed by atoms with Gasteiger partial charge in [-0.1, -0.05) is 6.92 Å². The van der Waals surface area contributed by atoms with Crippen LogP contribution in [0, 0.1) is 0 Å². The molecule has 1 aromatic rings. The zero-order valence-electron chi connectivity index (χ0n) is 12.1. The van der Waals surface area contributed by atoms with Gasteiger partial charge in [0.2, 0.25) is 0 Å². The summed E-state index contributed by atoms with van der Waals surface area (Å²) in [6, 6.07) is 0. The van der Waals surface area contributed by atoms with Gasteiger partial charge >= 0.3 is 0 Å². The van der Waals surface area contributed by atoms with Crippen LogP contribution in [-0.2, 0) is 13.5 Å². The Morgan fingerprint density at radius 3 is 2.74 bits per heavy atom. The standard InChI is InChI=1S/C13H22N4OS/c1-5-9-10(14)11(16(4)15-9)12(18)17-6-7-19-13(2,3)8-17/h5-8,14H2,1-4H3. The number of carbonyl (C=O) groups excluding carboxylic acids is 1. The molecule has 2 rings (SSSR count). The van der Waals surface area contributed by atoms with E-state index >= 15 is 0 Å². The molecule has 1 fully saturated rings. The second-order valence-electron chi connectivity index (χ2n) is 5.52. The summed E-state index contributed by atoms with van der Waals surface area (Å²) in [5.41, 5.74) is 7.92. The second-order valence-corrected chi connectivity index (χ2v) is 7.32. The quantitative estimate of drug-likeness (QED) is 0.893. The molecule has 0 radical (unpaired) electrons. The van der Waals surface area contributed by atoms with Crippen LogP contribution in [0.5, 0.6) is 0 Å². The number of carbonyl (C=O) groups is 1. The van der Waals surface area contributed by atoms with Crippen LogP contribution in [0.1, 0.15) is 37.0 Å². The molecule has 0 aromatic carbocycles. The lowest BCUT2D eigenvalue weighted by molar-refractivity contribution is 0.0738. The van der Waals surface area contributed by atoms with Crippen LogP contribution in [0.4, 0.5) is 5.69 Å². The number of anilines is 1. The number of thioether (sulfide) groups is 1. The summed E-state index contributed by atoms with van der Waals surface area (Å²) in [5.74, 6) is 0.970. The molecule has 1 aliphatic heterocycles. The van der Waals surface area contributed by atoms with Crippen LogP contribution in [0.15, 0.2) is 0 Å². The molecule has 6 heteroatoms. The van der Waals surface area contributed by atoms with Crippen molar-refractivity contribution in [2.24, 2.45) is 7.05 Å². The number of nitrogen functional groups attached to an aromatic ring is 1. The molecule has 1 aromatic heterocycles. The molecule has 1 aliphatic rings. The number of aryl methyl sites for hydroxylation is 2. The van der Waals surface area contributed by atoms with Gasteiger partial charge in [-0.3, -0.25) is 9.48 Å². The van der Waals surface area contributed by atoms with Crippen molar-refractivity contribution in [1.82, 2.24) is 14.7 Å². The monoisotopic (exact) mass is 282 g/mol. The van der Waals surface area contributed by atoms with Gasteiger partial charge in [-0.2, -0.15) is 16.9 Å². The highest BCUT2D eigenvalue weighted by Crippen LogP contribution is 2.31. The second kappa shape index (κ2) is 5.07. The van der Waals surface area contributed by atoms with Gasteiger partial charge in [0, 0.05) is 30.6 Å². The van der Waals surface area contributed by atoms with E-state index in [1.54, 1.807) is 11.7 Å². The van der Waals surface area contributed by atoms with Crippen LogP contribution in [0.3, 0.4) is 0 Å². The van der Waals surface area contributed by atoms with Crippen LogP contribution >= 0.6 is 11.8 Å². The molecular formula is C13H22N4OS. The van der Waals surface area contributed by atoms with E-state index in [1.165, 1.54) is 0 Å². The molecular weight excluding hydrogens is 260 g/mol. The van der Waals surface area contributed by atoms with Crippen molar-refractivity contribution in [3.05, 3.63) is 11.4 Å². The van der Waals surface area contributed by atoms with E-state index in [1.807, 2.05) is 23.6 Å². The fourth-order valence-electron chi connectivity index (χ4n) is 2.45. The lowest BCUT2D eigenvalue weighted by atomic mass is 10.1. The van der Waals surface area contributed by atoms with Gasteiger partial charge < -0.3 is 10.6 Å². The third kappa shape index (κ3) is 2.73. The van der Waals surface area contributed by atoms with Crippen molar-refractivity contribution in [2.45, 2.75) is 31.9 Å². The lowest BCUT2D eigenvalue weighted by Gasteiger charge is -2.37. The molecule has 0 unspecified atom stereocenters. The third-order valence-electron chi connectivity index (χ3n) is 3.41. The Hall–Kier alpha value is -1.17. The SMILES string of the molecule is CCc1nn(C)c(C(=O)N2CCSC(C)(C)C2)c1N. The van der Waals surface area contributed by atoms with E-state index in [0.717, 1.165) is 31.0 Å². The summed E-state index contributed by atoms with van der Waals surface area (Å²) in [5, 5.41) is 4.32. The Morgan fingerprint density at radius 1 is 1.53 bits per heavy atom. The summed E-state index contributed by atoms with van der Waals surface area (Å²) in [6.07, 6.45) is 0.744. The Labute approximate surface area is 118 Å². The minimum absolute atomic E-state index is 0.000532. The Morgan fingerprint density at radius 2 is 2.21 bits per heavy atom. The highest BCUT2D eigenvalue weighted by atomic mass is 32.2. The van der Waals surface area contributed by atoms with Crippen LogP contribution in [-0.4, -0.2) is 44.2 Å². The lowest BCUT2D eigenvalue weighted by Crippen LogP contribution is -2.46. The normalized spacial score (nSPS) is 18.6. The maximum Gasteiger partial charge on any atom is 0.274 e. The molecule has 106 valence electrons. The van der Waals surface area contributed by atoms with E-state index in [4.69, 9.17) is 5.73 Å². The summed E-state index contributed by atoms with van der Waals surface area (Å²) in [7, 11) is 1.78. The Balaban J connectivity index is 2.27. The summed E-state index contributed by atoms with van der Waals surface area (Å²) >= 11 is 1.91. The number of aromatic nitrogens is 2. The van der Waals surface area contributed by atoms with Crippen molar-refractivity contribution < 1.29 is 4.79 Å². The average molecular weight is 282 g/mol.